The molecule has 5 heteroatoms. The molecule has 144 valence electrons. The van der Waals surface area contributed by atoms with Crippen LogP contribution in [0.4, 0.5) is 5.69 Å². The van der Waals surface area contributed by atoms with Gasteiger partial charge in [0.15, 0.2) is 5.11 Å². The largest absolute Gasteiger partial charge is 0.497 e. The Labute approximate surface area is 167 Å². The first kappa shape index (κ1) is 19.6. The number of hydrogen-bond acceptors (Lipinski definition) is 3. The van der Waals surface area contributed by atoms with Gasteiger partial charge in [0, 0.05) is 12.2 Å². The second-order valence-corrected chi connectivity index (χ2v) is 7.49. The lowest BCUT2D eigenvalue weighted by Crippen LogP contribution is -2.41. The Morgan fingerprint density at radius 3 is 2.33 bits per heavy atom. The topological polar surface area (TPSA) is 36.5 Å². The van der Waals surface area contributed by atoms with Crippen LogP contribution in [0.3, 0.4) is 0 Å². The summed E-state index contributed by atoms with van der Waals surface area (Å²) in [7, 11) is 1.70. The van der Waals surface area contributed by atoms with Gasteiger partial charge in [0.1, 0.15) is 5.75 Å². The Balaban J connectivity index is 1.64. The SMILES string of the molecule is COc1ccc([C@H](CNC(=S)Nc2ccc(C)cc2)N2CCCCC2)cc1. The molecule has 1 heterocycles. The minimum Gasteiger partial charge on any atom is -0.497 e. The number of hydrogen-bond donors (Lipinski definition) is 2. The highest BCUT2D eigenvalue weighted by molar-refractivity contribution is 7.80. The summed E-state index contributed by atoms with van der Waals surface area (Å²) >= 11 is 5.52. The molecule has 2 aromatic carbocycles. The van der Waals surface area contributed by atoms with Crippen molar-refractivity contribution in [1.29, 1.82) is 0 Å². The summed E-state index contributed by atoms with van der Waals surface area (Å²) in [5.74, 6) is 0.890. The third-order valence-corrected chi connectivity index (χ3v) is 5.34. The van der Waals surface area contributed by atoms with Crippen LogP contribution in [0.2, 0.25) is 0 Å². The van der Waals surface area contributed by atoms with E-state index in [2.05, 4.69) is 58.9 Å². The number of nitrogens with one attached hydrogen (secondary N) is 2. The smallest absolute Gasteiger partial charge is 0.170 e. The van der Waals surface area contributed by atoms with E-state index in [1.807, 2.05) is 12.1 Å². The van der Waals surface area contributed by atoms with E-state index < -0.39 is 0 Å². The molecular weight excluding hydrogens is 354 g/mol. The monoisotopic (exact) mass is 383 g/mol. The van der Waals surface area contributed by atoms with Crippen LogP contribution in [-0.4, -0.2) is 36.8 Å². The Bertz CT molecular complexity index is 724. The number of likely N-dealkylation sites (tertiary alicyclic amines) is 1. The van der Waals surface area contributed by atoms with Crippen LogP contribution in [0.25, 0.3) is 0 Å². The molecule has 27 heavy (non-hydrogen) atoms. The zero-order chi connectivity index (χ0) is 19.1. The van der Waals surface area contributed by atoms with Crippen molar-refractivity contribution in [2.24, 2.45) is 0 Å². The zero-order valence-corrected chi connectivity index (χ0v) is 17.0. The lowest BCUT2D eigenvalue weighted by molar-refractivity contribution is 0.164. The molecule has 1 aliphatic rings. The number of thiocarbonyl (C=S) groups is 1. The summed E-state index contributed by atoms with van der Waals surface area (Å²) in [6.07, 6.45) is 3.85. The van der Waals surface area contributed by atoms with E-state index >= 15 is 0 Å². The molecule has 1 aliphatic heterocycles. The van der Waals surface area contributed by atoms with E-state index in [1.54, 1.807) is 7.11 Å². The summed E-state index contributed by atoms with van der Waals surface area (Å²) in [4.78, 5) is 2.56. The van der Waals surface area contributed by atoms with E-state index in [0.29, 0.717) is 11.2 Å². The van der Waals surface area contributed by atoms with Crippen molar-refractivity contribution >= 4 is 23.0 Å². The van der Waals surface area contributed by atoms with Gasteiger partial charge in [0.05, 0.1) is 13.2 Å². The highest BCUT2D eigenvalue weighted by Gasteiger charge is 2.22. The molecule has 4 nitrogen and oxygen atoms in total. The minimum atomic E-state index is 0.300. The number of piperidine rings is 1. The highest BCUT2D eigenvalue weighted by atomic mass is 32.1. The maximum Gasteiger partial charge on any atom is 0.170 e. The second-order valence-electron chi connectivity index (χ2n) is 7.09. The van der Waals surface area contributed by atoms with Gasteiger partial charge in [-0.1, -0.05) is 36.2 Å². The molecular formula is C22H29N3OS. The van der Waals surface area contributed by atoms with Crippen LogP contribution < -0.4 is 15.4 Å². The van der Waals surface area contributed by atoms with Gasteiger partial charge in [-0.05, 0) is 74.9 Å². The second kappa shape index (κ2) is 9.72. The Morgan fingerprint density at radius 2 is 1.70 bits per heavy atom. The molecule has 1 fully saturated rings. The van der Waals surface area contributed by atoms with E-state index in [1.165, 1.54) is 30.4 Å². The van der Waals surface area contributed by atoms with Gasteiger partial charge >= 0.3 is 0 Å². The Kier molecular flexibility index (Phi) is 7.07. The fourth-order valence-corrected chi connectivity index (χ4v) is 3.72. The van der Waals surface area contributed by atoms with Crippen LogP contribution >= 0.6 is 12.2 Å². The third kappa shape index (κ3) is 5.68. The minimum absolute atomic E-state index is 0.300. The molecule has 0 amide bonds. The molecule has 0 unspecified atom stereocenters. The summed E-state index contributed by atoms with van der Waals surface area (Å²) in [6.45, 7) is 5.13. The number of benzene rings is 2. The van der Waals surface area contributed by atoms with Gasteiger partial charge < -0.3 is 15.4 Å². The normalized spacial score (nSPS) is 15.8. The molecule has 0 radical (unpaired) electrons. The van der Waals surface area contributed by atoms with Crippen molar-refractivity contribution in [2.75, 3.05) is 32.1 Å². The molecule has 3 rings (SSSR count). The van der Waals surface area contributed by atoms with Crippen molar-refractivity contribution in [2.45, 2.75) is 32.2 Å². The first-order valence-electron chi connectivity index (χ1n) is 9.65. The van der Waals surface area contributed by atoms with Crippen LogP contribution in [-0.2, 0) is 0 Å². The fraction of sp³-hybridized carbons (Fsp3) is 0.409. The molecule has 0 bridgehead atoms. The summed E-state index contributed by atoms with van der Waals surface area (Å²) in [6, 6.07) is 17.0. The van der Waals surface area contributed by atoms with Crippen molar-refractivity contribution in [3.05, 3.63) is 59.7 Å². The van der Waals surface area contributed by atoms with E-state index in [4.69, 9.17) is 17.0 Å². The van der Waals surface area contributed by atoms with Crippen molar-refractivity contribution in [3.63, 3.8) is 0 Å². The fourth-order valence-electron chi connectivity index (χ4n) is 3.52. The number of rotatable bonds is 6. The lowest BCUT2D eigenvalue weighted by Gasteiger charge is -2.35. The molecule has 0 saturated carbocycles. The Morgan fingerprint density at radius 1 is 1.04 bits per heavy atom. The van der Waals surface area contributed by atoms with Crippen LogP contribution in [0.15, 0.2) is 48.5 Å². The van der Waals surface area contributed by atoms with E-state index in [9.17, 15) is 0 Å². The molecule has 0 aliphatic carbocycles. The average Bonchev–Trinajstić information content (AvgIpc) is 2.71. The van der Waals surface area contributed by atoms with Gasteiger partial charge in [0.25, 0.3) is 0 Å². The number of ether oxygens (including phenoxy) is 1. The number of methoxy groups -OCH3 is 1. The predicted molar refractivity (Wildman–Crippen MR) is 117 cm³/mol. The van der Waals surface area contributed by atoms with Gasteiger partial charge in [0.2, 0.25) is 0 Å². The van der Waals surface area contributed by atoms with Gasteiger partial charge in [-0.2, -0.15) is 0 Å². The summed E-state index contributed by atoms with van der Waals surface area (Å²) < 4.78 is 5.31. The van der Waals surface area contributed by atoms with Gasteiger partial charge in [-0.25, -0.2) is 0 Å². The van der Waals surface area contributed by atoms with Crippen molar-refractivity contribution in [3.8, 4) is 5.75 Å². The standard InChI is InChI=1S/C22H29N3OS/c1-17-6-10-19(11-7-17)24-22(27)23-16-21(25-14-4-3-5-15-25)18-8-12-20(26-2)13-9-18/h6-13,21H,3-5,14-16H2,1-2H3,(H2,23,24,27)/t21-/m0/s1. The third-order valence-electron chi connectivity index (χ3n) is 5.10. The highest BCUT2D eigenvalue weighted by Crippen LogP contribution is 2.26. The maximum atomic E-state index is 5.52. The van der Waals surface area contributed by atoms with Crippen molar-refractivity contribution in [1.82, 2.24) is 10.2 Å². The molecule has 1 atom stereocenters. The Hall–Kier alpha value is -2.11. The first-order chi connectivity index (χ1) is 13.2. The van der Waals surface area contributed by atoms with Crippen LogP contribution in [0.5, 0.6) is 5.75 Å². The van der Waals surface area contributed by atoms with E-state index in [0.717, 1.165) is 31.1 Å². The number of anilines is 1. The summed E-state index contributed by atoms with van der Waals surface area (Å²) in [5, 5.41) is 7.36. The molecule has 1 saturated heterocycles. The van der Waals surface area contributed by atoms with E-state index in [-0.39, 0.29) is 0 Å². The quantitative estimate of drug-likeness (QED) is 0.718. The number of nitrogens with zero attached hydrogens (tertiary/aromatic N) is 1. The van der Waals surface area contributed by atoms with Crippen LogP contribution in [0, 0.1) is 6.92 Å². The molecule has 2 aromatic rings. The predicted octanol–water partition coefficient (Wildman–Crippen LogP) is 4.52. The average molecular weight is 384 g/mol. The zero-order valence-electron chi connectivity index (χ0n) is 16.2. The summed E-state index contributed by atoms with van der Waals surface area (Å²) in [5.41, 5.74) is 3.55. The number of aryl methyl sites for hydroxylation is 1. The molecule has 0 spiro atoms. The molecule has 0 aromatic heterocycles. The van der Waals surface area contributed by atoms with Gasteiger partial charge in [-0.15, -0.1) is 0 Å². The molecule has 2 N–H and O–H groups in total. The van der Waals surface area contributed by atoms with Crippen LogP contribution in [0.1, 0.15) is 36.4 Å². The first-order valence-corrected chi connectivity index (χ1v) is 10.1. The van der Waals surface area contributed by atoms with Gasteiger partial charge in [-0.3, -0.25) is 4.90 Å². The lowest BCUT2D eigenvalue weighted by atomic mass is 10.0. The maximum absolute atomic E-state index is 5.52. The van der Waals surface area contributed by atoms with Crippen molar-refractivity contribution < 1.29 is 4.74 Å².